The van der Waals surface area contributed by atoms with Gasteiger partial charge in [0.1, 0.15) is 13.1 Å². The van der Waals surface area contributed by atoms with Crippen LogP contribution >= 0.6 is 0 Å². The summed E-state index contributed by atoms with van der Waals surface area (Å²) in [4.78, 5) is 25.1. The second-order valence-electron chi connectivity index (χ2n) is 13.8. The first-order valence-corrected chi connectivity index (χ1v) is 21.0. The molecule has 0 amide bonds. The quantitative estimate of drug-likeness (QED) is 0.0178. The van der Waals surface area contributed by atoms with Crippen molar-refractivity contribution in [2.75, 3.05) is 20.1 Å². The summed E-state index contributed by atoms with van der Waals surface area (Å²) in [5, 5.41) is 9.07. The molecule has 0 radical (unpaired) electrons. The molecule has 8 nitrogen and oxygen atoms in total. The Morgan fingerprint density at radius 3 is 0.957 bits per heavy atom. The van der Waals surface area contributed by atoms with E-state index in [1.165, 1.54) is 116 Å². The van der Waals surface area contributed by atoms with Gasteiger partial charge in [-0.05, 0) is 26.7 Å². The van der Waals surface area contributed by atoms with Crippen molar-refractivity contribution >= 4 is 22.0 Å². The zero-order chi connectivity index (χ0) is 35.7. The van der Waals surface area contributed by atoms with Crippen molar-refractivity contribution in [3.05, 3.63) is 0 Å². The van der Waals surface area contributed by atoms with Crippen LogP contribution in [0, 0.1) is 0 Å². The minimum Gasteiger partial charge on any atom is -0.725 e. The Hall–Kier alpha value is -0.870. The number of Topliss-reactive ketones (excluding diaryl/α,β-unsaturated/α-hetero) is 2. The number of hydrogen-bond acceptors (Lipinski definition) is 7. The van der Waals surface area contributed by atoms with E-state index in [4.69, 9.17) is 5.21 Å². The van der Waals surface area contributed by atoms with Crippen LogP contribution in [0.2, 0.25) is 0 Å². The van der Waals surface area contributed by atoms with Gasteiger partial charge in [-0.3, -0.25) is 13.8 Å². The van der Waals surface area contributed by atoms with Crippen LogP contribution in [0.25, 0.3) is 0 Å². The fourth-order valence-electron chi connectivity index (χ4n) is 5.52. The Bertz CT molecular complexity index is 769. The molecule has 0 spiro atoms. The number of nitrogens with zero attached hydrogens (tertiary/aromatic N) is 1. The standard InChI is InChI=1S/C33H64O6S.C5H14NO/c1-3-5-7-9-11-13-15-17-19-21-23-25-27-29-31(34)33(39-40(36,37)38)32(35)30-28-26-24-22-20-18-16-14-12-10-8-6-4-2;1-4-6(3,7)5-2/h33H,3-30H2,1-2H3,(H,36,37,38);7H,4-5H2,1-3H3/q;+1/p-1. The Kier molecular flexibility index (Phi) is 34.5. The summed E-state index contributed by atoms with van der Waals surface area (Å²) in [5.41, 5.74) is 0. The van der Waals surface area contributed by atoms with Crippen molar-refractivity contribution < 1.29 is 36.6 Å². The van der Waals surface area contributed by atoms with Crippen LogP contribution in [-0.2, 0) is 24.2 Å². The summed E-state index contributed by atoms with van der Waals surface area (Å²) < 4.78 is 38.0. The van der Waals surface area contributed by atoms with E-state index in [1.807, 2.05) is 13.8 Å². The number of hydroxylamine groups is 3. The minimum atomic E-state index is -5.12. The molecule has 9 heteroatoms. The van der Waals surface area contributed by atoms with E-state index in [9.17, 15) is 22.6 Å². The molecule has 0 aromatic carbocycles. The Balaban J connectivity index is 0. The first-order valence-electron chi connectivity index (χ1n) is 19.7. The van der Waals surface area contributed by atoms with Crippen LogP contribution in [0.4, 0.5) is 0 Å². The molecule has 0 aromatic heterocycles. The molecule has 0 heterocycles. The predicted molar refractivity (Wildman–Crippen MR) is 194 cm³/mol. The lowest BCUT2D eigenvalue weighted by Gasteiger charge is -2.20. The van der Waals surface area contributed by atoms with Crippen LogP contribution in [-0.4, -0.2) is 60.6 Å². The van der Waals surface area contributed by atoms with Gasteiger partial charge in [-0.1, -0.05) is 168 Å². The number of unbranched alkanes of at least 4 members (excludes halogenated alkanes) is 24. The average Bonchev–Trinajstić information content (AvgIpc) is 3.04. The summed E-state index contributed by atoms with van der Waals surface area (Å²) in [5.74, 6) is -1.16. The van der Waals surface area contributed by atoms with Crippen molar-refractivity contribution in [2.45, 2.75) is 214 Å². The van der Waals surface area contributed by atoms with Crippen LogP contribution in [0.5, 0.6) is 0 Å². The van der Waals surface area contributed by atoms with Gasteiger partial charge in [0.05, 0.1) is 7.05 Å². The van der Waals surface area contributed by atoms with E-state index in [1.54, 1.807) is 7.05 Å². The van der Waals surface area contributed by atoms with Crippen molar-refractivity contribution in [3.8, 4) is 0 Å². The molecule has 0 unspecified atom stereocenters. The van der Waals surface area contributed by atoms with E-state index in [0.29, 0.717) is 12.8 Å². The van der Waals surface area contributed by atoms with E-state index in [2.05, 4.69) is 18.0 Å². The lowest BCUT2D eigenvalue weighted by atomic mass is 9.99. The molecule has 0 aliphatic heterocycles. The highest BCUT2D eigenvalue weighted by Crippen LogP contribution is 2.17. The van der Waals surface area contributed by atoms with Gasteiger partial charge in [0.15, 0.2) is 17.7 Å². The molecule has 1 N–H and O–H groups in total. The molecule has 0 fully saturated rings. The van der Waals surface area contributed by atoms with Crippen LogP contribution in [0.1, 0.15) is 207 Å². The maximum atomic E-state index is 12.5. The molecule has 0 bridgehead atoms. The number of hydrogen-bond donors (Lipinski definition) is 1. The maximum absolute atomic E-state index is 12.5. The third kappa shape index (κ3) is 36.2. The first kappa shape index (κ1) is 48.2. The van der Waals surface area contributed by atoms with Gasteiger partial charge in [-0.15, -0.1) is 0 Å². The molecule has 0 aromatic rings. The molecule has 0 saturated heterocycles. The van der Waals surface area contributed by atoms with Gasteiger partial charge in [0.2, 0.25) is 10.4 Å². The fraction of sp³-hybridized carbons (Fsp3) is 0.947. The lowest BCUT2D eigenvalue weighted by Crippen LogP contribution is -2.39. The van der Waals surface area contributed by atoms with Crippen molar-refractivity contribution in [1.82, 2.24) is 0 Å². The average molecular weight is 692 g/mol. The Morgan fingerprint density at radius 2 is 0.766 bits per heavy atom. The predicted octanol–water partition coefficient (Wildman–Crippen LogP) is 10.8. The van der Waals surface area contributed by atoms with Crippen molar-refractivity contribution in [2.24, 2.45) is 0 Å². The van der Waals surface area contributed by atoms with E-state index in [0.717, 1.165) is 51.6 Å². The summed E-state index contributed by atoms with van der Waals surface area (Å²) in [7, 11) is -3.33. The van der Waals surface area contributed by atoms with Gasteiger partial charge in [-0.25, -0.2) is 13.6 Å². The van der Waals surface area contributed by atoms with Gasteiger partial charge in [0, 0.05) is 12.8 Å². The first-order chi connectivity index (χ1) is 22.4. The molecule has 282 valence electrons. The summed E-state index contributed by atoms with van der Waals surface area (Å²) in [6, 6.07) is 0. The van der Waals surface area contributed by atoms with E-state index < -0.39 is 28.1 Å². The SMILES string of the molecule is CCCCCCCCCCCCCCCC(=O)C(OS(=O)(=O)[O-])C(=O)CCCCCCCCCCCCCCC.CC[N+](C)(O)CC. The topological polar surface area (TPSA) is 121 Å². The normalized spacial score (nSPS) is 11.9. The molecule has 0 atom stereocenters. The van der Waals surface area contributed by atoms with Gasteiger partial charge < -0.3 is 4.55 Å². The molecule has 0 aliphatic rings. The summed E-state index contributed by atoms with van der Waals surface area (Å²) in [6.45, 7) is 9.97. The monoisotopic (exact) mass is 692 g/mol. The highest BCUT2D eigenvalue weighted by molar-refractivity contribution is 7.80. The molecule has 0 rings (SSSR count). The van der Waals surface area contributed by atoms with Gasteiger partial charge >= 0.3 is 0 Å². The molecular weight excluding hydrogens is 614 g/mol. The third-order valence-electron chi connectivity index (χ3n) is 9.21. The smallest absolute Gasteiger partial charge is 0.218 e. The van der Waals surface area contributed by atoms with Gasteiger partial charge in [0.25, 0.3) is 0 Å². The fourth-order valence-corrected chi connectivity index (χ4v) is 5.97. The molecular formula is C38H77NO7S. The zero-order valence-corrected chi connectivity index (χ0v) is 32.4. The van der Waals surface area contributed by atoms with E-state index in [-0.39, 0.29) is 17.5 Å². The lowest BCUT2D eigenvalue weighted by molar-refractivity contribution is -1.08. The number of carbonyl (C=O) groups excluding carboxylic acids is 2. The summed E-state index contributed by atoms with van der Waals surface area (Å²) >= 11 is 0. The van der Waals surface area contributed by atoms with Crippen molar-refractivity contribution in [1.29, 1.82) is 0 Å². The summed E-state index contributed by atoms with van der Waals surface area (Å²) in [6.07, 6.45) is 29.0. The molecule has 47 heavy (non-hydrogen) atoms. The third-order valence-corrected chi connectivity index (χ3v) is 9.64. The van der Waals surface area contributed by atoms with Gasteiger partial charge in [-0.2, -0.15) is 4.65 Å². The van der Waals surface area contributed by atoms with E-state index >= 15 is 0 Å². The largest absolute Gasteiger partial charge is 0.725 e. The molecule has 0 aliphatic carbocycles. The highest BCUT2D eigenvalue weighted by atomic mass is 32.3. The van der Waals surface area contributed by atoms with Crippen LogP contribution in [0.15, 0.2) is 0 Å². The molecule has 0 saturated carbocycles. The second kappa shape index (κ2) is 33.6. The Labute approximate surface area is 291 Å². The number of ketones is 2. The number of quaternary nitrogens is 1. The number of carbonyl (C=O) groups is 2. The zero-order valence-electron chi connectivity index (χ0n) is 31.5. The number of rotatable bonds is 34. The second-order valence-corrected chi connectivity index (χ2v) is 14.8. The minimum absolute atomic E-state index is 0.0717. The van der Waals surface area contributed by atoms with Crippen molar-refractivity contribution in [3.63, 3.8) is 0 Å². The maximum Gasteiger partial charge on any atom is 0.218 e. The van der Waals surface area contributed by atoms with Crippen LogP contribution in [0.3, 0.4) is 0 Å². The van der Waals surface area contributed by atoms with Crippen LogP contribution < -0.4 is 0 Å². The highest BCUT2D eigenvalue weighted by Gasteiger charge is 2.28. The Morgan fingerprint density at radius 1 is 0.532 bits per heavy atom.